The molecule has 0 saturated heterocycles. The van der Waals surface area contributed by atoms with Crippen LogP contribution in [-0.2, 0) is 0 Å². The first-order valence-corrected chi connectivity index (χ1v) is 22.0. The van der Waals surface area contributed by atoms with Crippen molar-refractivity contribution >= 4 is 75.7 Å². The average molecular weight is 811 g/mol. The van der Waals surface area contributed by atoms with E-state index in [1.807, 2.05) is 12.3 Å². The van der Waals surface area contributed by atoms with Crippen LogP contribution in [0.5, 0.6) is 0 Å². The third kappa shape index (κ3) is 5.95. The van der Waals surface area contributed by atoms with Gasteiger partial charge in [-0.1, -0.05) is 182 Å². The molecule has 0 aliphatic carbocycles. The third-order valence-corrected chi connectivity index (χ3v) is 13.2. The Labute approximate surface area is 370 Å². The van der Waals surface area contributed by atoms with Gasteiger partial charge >= 0.3 is 0 Å². The SMILES string of the molecule is c1ccc2cc(-c3c4ccc(-c5ccc6ccccc6n5)cc4c(-c4ccc5ccccc5c4)c4ccc(-c5ccc(-c6cccc7ccc8cccnc8c67)cc5)cc34)ccc2c1. The zero-order chi connectivity index (χ0) is 42.1. The molecule has 0 aliphatic rings. The van der Waals surface area contributed by atoms with Crippen LogP contribution >= 0.6 is 0 Å². The number of para-hydroxylation sites is 1. The van der Waals surface area contributed by atoms with Crippen molar-refractivity contribution in [2.24, 2.45) is 0 Å². The van der Waals surface area contributed by atoms with E-state index in [4.69, 9.17) is 9.97 Å². The van der Waals surface area contributed by atoms with Gasteiger partial charge < -0.3 is 0 Å². The van der Waals surface area contributed by atoms with E-state index in [1.165, 1.54) is 98.4 Å². The maximum Gasteiger partial charge on any atom is 0.0786 e. The first kappa shape index (κ1) is 36.2. The molecule has 2 nitrogen and oxygen atoms in total. The molecule has 0 unspecified atom stereocenters. The lowest BCUT2D eigenvalue weighted by molar-refractivity contribution is 1.40. The predicted molar refractivity (Wildman–Crippen MR) is 272 cm³/mol. The Balaban J connectivity index is 1.06. The van der Waals surface area contributed by atoms with Crippen molar-refractivity contribution in [3.8, 4) is 55.8 Å². The van der Waals surface area contributed by atoms with Crippen LogP contribution in [-0.4, -0.2) is 9.97 Å². The van der Waals surface area contributed by atoms with E-state index in [0.29, 0.717) is 0 Å². The summed E-state index contributed by atoms with van der Waals surface area (Å²) in [6.45, 7) is 0. The van der Waals surface area contributed by atoms with Gasteiger partial charge in [-0.25, -0.2) is 4.98 Å². The maximum atomic E-state index is 5.17. The number of rotatable bonds is 5. The van der Waals surface area contributed by atoms with E-state index in [0.717, 1.165) is 33.1 Å². The Kier molecular flexibility index (Phi) is 8.25. The fourth-order valence-electron chi connectivity index (χ4n) is 10.1. The summed E-state index contributed by atoms with van der Waals surface area (Å²) in [6, 6.07) is 82.1. The molecule has 13 aromatic rings. The fraction of sp³-hybridized carbons (Fsp3) is 0. The Morgan fingerprint density at radius 3 is 1.52 bits per heavy atom. The number of fused-ring (bicyclic) bond motifs is 8. The second-order valence-electron chi connectivity index (χ2n) is 16.9. The van der Waals surface area contributed by atoms with E-state index in [2.05, 4.69) is 218 Å². The monoisotopic (exact) mass is 810 g/mol. The van der Waals surface area contributed by atoms with Crippen molar-refractivity contribution in [2.45, 2.75) is 0 Å². The van der Waals surface area contributed by atoms with Gasteiger partial charge in [0.1, 0.15) is 0 Å². The summed E-state index contributed by atoms with van der Waals surface area (Å²) < 4.78 is 0. The third-order valence-electron chi connectivity index (χ3n) is 13.2. The zero-order valence-corrected chi connectivity index (χ0v) is 34.8. The molecule has 2 heterocycles. The molecule has 0 saturated carbocycles. The van der Waals surface area contributed by atoms with Crippen molar-refractivity contribution in [2.75, 3.05) is 0 Å². The number of benzene rings is 11. The normalized spacial score (nSPS) is 11.8. The van der Waals surface area contributed by atoms with E-state index < -0.39 is 0 Å². The fourth-order valence-corrected chi connectivity index (χ4v) is 10.1. The smallest absolute Gasteiger partial charge is 0.0786 e. The van der Waals surface area contributed by atoms with E-state index >= 15 is 0 Å². The van der Waals surface area contributed by atoms with Crippen LogP contribution in [0.1, 0.15) is 0 Å². The predicted octanol–water partition coefficient (Wildman–Crippen LogP) is 16.9. The number of aromatic nitrogens is 2. The minimum absolute atomic E-state index is 0.962. The first-order valence-electron chi connectivity index (χ1n) is 22.0. The average Bonchev–Trinajstić information content (AvgIpc) is 3.37. The van der Waals surface area contributed by atoms with Gasteiger partial charge in [0.05, 0.1) is 16.7 Å². The van der Waals surface area contributed by atoms with Crippen LogP contribution in [0, 0.1) is 0 Å². The molecule has 0 N–H and O–H groups in total. The molecule has 0 aliphatic heterocycles. The Morgan fingerprint density at radius 1 is 0.281 bits per heavy atom. The maximum absolute atomic E-state index is 5.17. The van der Waals surface area contributed by atoms with Gasteiger partial charge in [-0.05, 0) is 135 Å². The summed E-state index contributed by atoms with van der Waals surface area (Å²) in [4.78, 5) is 10.0. The highest BCUT2D eigenvalue weighted by Crippen LogP contribution is 2.47. The lowest BCUT2D eigenvalue weighted by Gasteiger charge is -2.20. The summed E-state index contributed by atoms with van der Waals surface area (Å²) in [5, 5.41) is 14.4. The Bertz CT molecular complexity index is 4010. The molecule has 0 amide bonds. The lowest BCUT2D eigenvalue weighted by Crippen LogP contribution is -1.93. The van der Waals surface area contributed by atoms with Crippen molar-refractivity contribution < 1.29 is 0 Å². The summed E-state index contributed by atoms with van der Waals surface area (Å²) >= 11 is 0. The van der Waals surface area contributed by atoms with Crippen molar-refractivity contribution in [1.82, 2.24) is 9.97 Å². The number of nitrogens with zero attached hydrogens (tertiary/aromatic N) is 2. The second kappa shape index (κ2) is 14.6. The molecular weight excluding hydrogens is 773 g/mol. The molecule has 0 spiro atoms. The molecule has 2 heteroatoms. The summed E-state index contributed by atoms with van der Waals surface area (Å²) in [6.07, 6.45) is 1.89. The van der Waals surface area contributed by atoms with Crippen molar-refractivity contribution in [1.29, 1.82) is 0 Å². The van der Waals surface area contributed by atoms with Gasteiger partial charge in [0.2, 0.25) is 0 Å². The summed E-state index contributed by atoms with van der Waals surface area (Å²) in [5.74, 6) is 0. The highest BCUT2D eigenvalue weighted by Gasteiger charge is 2.20. The van der Waals surface area contributed by atoms with Crippen LogP contribution in [0.2, 0.25) is 0 Å². The molecule has 2 aromatic heterocycles. The standard InChI is InChI=1S/C62H38N2/c1-3-12-46-35-50(26-20-39(46)9-1)59-54-32-29-49(58-33-30-43-11-5-6-17-57(43)64-58)38-56(54)60(51-27-21-40-10-2-4-13-47(40)36-51)53-31-28-48(37-55(53)59)41-18-22-42(23-19-41)52-16-7-14-44-24-25-45-15-8-34-63-62(45)61(44)52/h1-38H. The molecule has 0 radical (unpaired) electrons. The van der Waals surface area contributed by atoms with Crippen LogP contribution in [0.15, 0.2) is 231 Å². The van der Waals surface area contributed by atoms with Gasteiger partial charge in [-0.3, -0.25) is 4.98 Å². The largest absolute Gasteiger partial charge is 0.256 e. The van der Waals surface area contributed by atoms with E-state index in [1.54, 1.807) is 0 Å². The molecule has 13 rings (SSSR count). The lowest BCUT2D eigenvalue weighted by atomic mass is 9.83. The number of hydrogen-bond acceptors (Lipinski definition) is 2. The van der Waals surface area contributed by atoms with E-state index in [9.17, 15) is 0 Å². The second-order valence-corrected chi connectivity index (χ2v) is 16.9. The minimum atomic E-state index is 0.962. The molecule has 296 valence electrons. The zero-order valence-electron chi connectivity index (χ0n) is 34.8. The summed E-state index contributed by atoms with van der Waals surface area (Å²) in [5.41, 5.74) is 13.6. The van der Waals surface area contributed by atoms with E-state index in [-0.39, 0.29) is 0 Å². The summed E-state index contributed by atoms with van der Waals surface area (Å²) in [7, 11) is 0. The van der Waals surface area contributed by atoms with Crippen LogP contribution in [0.4, 0.5) is 0 Å². The molecule has 0 atom stereocenters. The first-order chi connectivity index (χ1) is 31.7. The highest BCUT2D eigenvalue weighted by atomic mass is 14.7. The highest BCUT2D eigenvalue weighted by molar-refractivity contribution is 6.23. The van der Waals surface area contributed by atoms with Crippen LogP contribution < -0.4 is 0 Å². The van der Waals surface area contributed by atoms with Crippen molar-refractivity contribution in [3.05, 3.63) is 231 Å². The van der Waals surface area contributed by atoms with Crippen LogP contribution in [0.3, 0.4) is 0 Å². The van der Waals surface area contributed by atoms with Gasteiger partial charge in [0, 0.05) is 27.9 Å². The Hall–Kier alpha value is -8.46. The number of hydrogen-bond donors (Lipinski definition) is 0. The molecular formula is C62H38N2. The molecule has 0 fully saturated rings. The molecule has 11 aromatic carbocycles. The Morgan fingerprint density at radius 2 is 0.797 bits per heavy atom. The van der Waals surface area contributed by atoms with Gasteiger partial charge in [-0.2, -0.15) is 0 Å². The quantitative estimate of drug-likeness (QED) is 0.128. The number of pyridine rings is 2. The van der Waals surface area contributed by atoms with Gasteiger partial charge in [0.25, 0.3) is 0 Å². The topological polar surface area (TPSA) is 25.8 Å². The molecule has 0 bridgehead atoms. The molecule has 64 heavy (non-hydrogen) atoms. The van der Waals surface area contributed by atoms with Gasteiger partial charge in [-0.15, -0.1) is 0 Å². The van der Waals surface area contributed by atoms with Crippen molar-refractivity contribution in [3.63, 3.8) is 0 Å². The van der Waals surface area contributed by atoms with Crippen LogP contribution in [0.25, 0.3) is 131 Å². The minimum Gasteiger partial charge on any atom is -0.256 e. The van der Waals surface area contributed by atoms with Gasteiger partial charge in [0.15, 0.2) is 0 Å².